The van der Waals surface area contributed by atoms with Crippen molar-refractivity contribution in [1.82, 2.24) is 9.97 Å². The molecule has 2 rings (SSSR count). The molecular weight excluding hydrogens is 160 g/mol. The highest BCUT2D eigenvalue weighted by Crippen LogP contribution is 2.16. The van der Waals surface area contributed by atoms with Crippen LogP contribution in [0.15, 0.2) is 30.5 Å². The molecule has 13 heavy (non-hydrogen) atoms. The van der Waals surface area contributed by atoms with Gasteiger partial charge in [-0.05, 0) is 19.4 Å². The van der Waals surface area contributed by atoms with E-state index in [-0.39, 0.29) is 1.43 Å². The fourth-order valence-electron chi connectivity index (χ4n) is 1.30. The van der Waals surface area contributed by atoms with Gasteiger partial charge in [0.15, 0.2) is 0 Å². The van der Waals surface area contributed by atoms with E-state index in [4.69, 9.17) is 0 Å². The Bertz CT molecular complexity index is 403. The van der Waals surface area contributed by atoms with Crippen molar-refractivity contribution in [2.75, 3.05) is 0 Å². The van der Waals surface area contributed by atoms with E-state index in [1.165, 1.54) is 11.1 Å². The Labute approximate surface area is 79.1 Å². The van der Waals surface area contributed by atoms with Crippen LogP contribution in [0.25, 0.3) is 11.3 Å². The molecule has 1 aromatic heterocycles. The highest BCUT2D eigenvalue weighted by molar-refractivity contribution is 5.58. The Kier molecular flexibility index (Phi) is 1.89. The lowest BCUT2D eigenvalue weighted by atomic mass is 10.1. The summed E-state index contributed by atoms with van der Waals surface area (Å²) in [5.41, 5.74) is 3.55. The quantitative estimate of drug-likeness (QED) is 0.707. The summed E-state index contributed by atoms with van der Waals surface area (Å²) in [6, 6.07) is 8.40. The highest BCUT2D eigenvalue weighted by atomic mass is 14.9. The Morgan fingerprint density at radius 1 is 1.15 bits per heavy atom. The molecule has 2 heteroatoms. The molecule has 1 aromatic carbocycles. The second-order valence-electron chi connectivity index (χ2n) is 3.25. The van der Waals surface area contributed by atoms with Crippen molar-refractivity contribution in [3.63, 3.8) is 0 Å². The topological polar surface area (TPSA) is 28.7 Å². The molecule has 0 atom stereocenters. The van der Waals surface area contributed by atoms with E-state index in [1.807, 2.05) is 13.1 Å². The summed E-state index contributed by atoms with van der Waals surface area (Å²) in [6.45, 7) is 4.04. The summed E-state index contributed by atoms with van der Waals surface area (Å²) in [5, 5.41) is 0. The van der Waals surface area contributed by atoms with Crippen LogP contribution in [0.1, 0.15) is 12.8 Å². The number of rotatable bonds is 1. The zero-order chi connectivity index (χ0) is 9.26. The van der Waals surface area contributed by atoms with Gasteiger partial charge in [-0.3, -0.25) is 0 Å². The van der Waals surface area contributed by atoms with Gasteiger partial charge in [0, 0.05) is 1.43 Å². The molecule has 2 nitrogen and oxygen atoms in total. The second-order valence-corrected chi connectivity index (χ2v) is 3.25. The first-order valence-electron chi connectivity index (χ1n) is 4.34. The summed E-state index contributed by atoms with van der Waals surface area (Å²) < 4.78 is 0. The molecule has 0 fully saturated rings. The normalized spacial score (nSPS) is 10.3. The monoisotopic (exact) mass is 174 g/mol. The molecule has 1 heterocycles. The van der Waals surface area contributed by atoms with Crippen LogP contribution in [0.5, 0.6) is 0 Å². The highest BCUT2D eigenvalue weighted by Gasteiger charge is 1.98. The van der Waals surface area contributed by atoms with Gasteiger partial charge >= 0.3 is 0 Å². The molecule has 1 N–H and O–H groups in total. The molecule has 68 valence electrons. The van der Waals surface area contributed by atoms with Crippen LogP contribution in [-0.2, 0) is 0 Å². The van der Waals surface area contributed by atoms with Crippen molar-refractivity contribution >= 4 is 0 Å². The number of hydrogen-bond donors (Lipinski definition) is 1. The van der Waals surface area contributed by atoms with Gasteiger partial charge in [-0.2, -0.15) is 0 Å². The van der Waals surface area contributed by atoms with Crippen molar-refractivity contribution in [3.05, 3.63) is 41.9 Å². The number of nitrogens with zero attached hydrogens (tertiary/aromatic N) is 1. The number of hydrogen-bond acceptors (Lipinski definition) is 1. The molecule has 0 amide bonds. The molecule has 0 saturated heterocycles. The minimum atomic E-state index is 0. The third-order valence-corrected chi connectivity index (χ3v) is 2.07. The van der Waals surface area contributed by atoms with Crippen molar-refractivity contribution in [2.45, 2.75) is 13.8 Å². The van der Waals surface area contributed by atoms with Crippen LogP contribution < -0.4 is 0 Å². The van der Waals surface area contributed by atoms with Crippen LogP contribution in [-0.4, -0.2) is 9.97 Å². The maximum Gasteiger partial charge on any atom is 0.103 e. The summed E-state index contributed by atoms with van der Waals surface area (Å²) in [4.78, 5) is 7.36. The zero-order valence-electron chi connectivity index (χ0n) is 7.83. The summed E-state index contributed by atoms with van der Waals surface area (Å²) in [7, 11) is 0. The Morgan fingerprint density at radius 3 is 2.38 bits per heavy atom. The number of H-pyrrole nitrogens is 1. The van der Waals surface area contributed by atoms with E-state index >= 15 is 0 Å². The van der Waals surface area contributed by atoms with Crippen LogP contribution in [0.4, 0.5) is 0 Å². The van der Waals surface area contributed by atoms with E-state index in [0.717, 1.165) is 11.5 Å². The first kappa shape index (κ1) is 8.05. The Hall–Kier alpha value is -1.57. The first-order chi connectivity index (χ1) is 6.25. The van der Waals surface area contributed by atoms with Crippen LogP contribution in [0.3, 0.4) is 0 Å². The van der Waals surface area contributed by atoms with Crippen molar-refractivity contribution < 1.29 is 1.43 Å². The number of benzene rings is 1. The van der Waals surface area contributed by atoms with Gasteiger partial charge < -0.3 is 4.98 Å². The largest absolute Gasteiger partial charge is 0.342 e. The van der Waals surface area contributed by atoms with Gasteiger partial charge in [0.1, 0.15) is 5.82 Å². The molecular formula is C11H14N2. The van der Waals surface area contributed by atoms with Crippen molar-refractivity contribution in [3.8, 4) is 11.3 Å². The third-order valence-electron chi connectivity index (χ3n) is 2.07. The average molecular weight is 174 g/mol. The maximum atomic E-state index is 4.16. The average Bonchev–Trinajstić information content (AvgIpc) is 2.53. The van der Waals surface area contributed by atoms with Gasteiger partial charge in [-0.15, -0.1) is 0 Å². The molecule has 0 aliphatic carbocycles. The van der Waals surface area contributed by atoms with E-state index in [0.29, 0.717) is 0 Å². The SMILES string of the molecule is Cc1ccc(-c2cnc(C)[nH]2)cc1.[HH]. The summed E-state index contributed by atoms with van der Waals surface area (Å²) >= 11 is 0. The van der Waals surface area contributed by atoms with Gasteiger partial charge in [-0.1, -0.05) is 29.8 Å². The molecule has 0 radical (unpaired) electrons. The molecule has 0 saturated carbocycles. The van der Waals surface area contributed by atoms with Crippen LogP contribution in [0, 0.1) is 13.8 Å². The summed E-state index contributed by atoms with van der Waals surface area (Å²) in [6.07, 6.45) is 1.86. The number of aromatic amines is 1. The van der Waals surface area contributed by atoms with E-state index in [1.54, 1.807) is 0 Å². The molecule has 0 aliphatic rings. The molecule has 0 bridgehead atoms. The van der Waals surface area contributed by atoms with Crippen molar-refractivity contribution in [1.29, 1.82) is 0 Å². The van der Waals surface area contributed by atoms with E-state index in [2.05, 4.69) is 41.2 Å². The third kappa shape index (κ3) is 1.61. The number of imidazole rings is 1. The minimum Gasteiger partial charge on any atom is -0.342 e. The zero-order valence-corrected chi connectivity index (χ0v) is 7.83. The molecule has 0 unspecified atom stereocenters. The van der Waals surface area contributed by atoms with Crippen LogP contribution in [0.2, 0.25) is 0 Å². The fraction of sp³-hybridized carbons (Fsp3) is 0.182. The number of aromatic nitrogens is 2. The molecule has 0 aliphatic heterocycles. The lowest BCUT2D eigenvalue weighted by Crippen LogP contribution is -1.78. The van der Waals surface area contributed by atoms with Gasteiger partial charge in [0.05, 0.1) is 11.9 Å². The van der Waals surface area contributed by atoms with Crippen molar-refractivity contribution in [2.24, 2.45) is 0 Å². The van der Waals surface area contributed by atoms with E-state index < -0.39 is 0 Å². The number of aryl methyl sites for hydroxylation is 2. The smallest absolute Gasteiger partial charge is 0.103 e. The summed E-state index contributed by atoms with van der Waals surface area (Å²) in [5.74, 6) is 0.954. The fourth-order valence-corrected chi connectivity index (χ4v) is 1.30. The lowest BCUT2D eigenvalue weighted by Gasteiger charge is -1.97. The van der Waals surface area contributed by atoms with Gasteiger partial charge in [0.2, 0.25) is 0 Å². The first-order valence-corrected chi connectivity index (χ1v) is 4.34. The second kappa shape index (κ2) is 3.05. The standard InChI is InChI=1S/C11H12N2.H2/c1-8-3-5-10(6-4-8)11-7-12-9(2)13-11;/h3-7H,1-2H3,(H,12,13);1H. The Morgan fingerprint density at radius 2 is 1.85 bits per heavy atom. The van der Waals surface area contributed by atoms with Crippen LogP contribution >= 0.6 is 0 Å². The minimum absolute atomic E-state index is 0. The van der Waals surface area contributed by atoms with Gasteiger partial charge in [-0.25, -0.2) is 4.98 Å². The van der Waals surface area contributed by atoms with E-state index in [9.17, 15) is 0 Å². The molecule has 2 aromatic rings. The Balaban J connectivity index is 0.000000980. The molecule has 0 spiro atoms. The lowest BCUT2D eigenvalue weighted by molar-refractivity contribution is 1.15. The maximum absolute atomic E-state index is 4.16. The predicted molar refractivity (Wildman–Crippen MR) is 55.6 cm³/mol. The number of nitrogens with one attached hydrogen (secondary N) is 1. The predicted octanol–water partition coefficient (Wildman–Crippen LogP) is 2.94. The van der Waals surface area contributed by atoms with Gasteiger partial charge in [0.25, 0.3) is 0 Å².